The molecule has 0 spiro atoms. The molecule has 3 heterocycles. The summed E-state index contributed by atoms with van der Waals surface area (Å²) in [5.41, 5.74) is 0. The molecule has 110 valence electrons. The number of hydrogen-bond donors (Lipinski definition) is 1. The number of fused-ring (bicyclic) bond motifs is 1. The number of nitrogens with zero attached hydrogens (tertiary/aromatic N) is 3. The van der Waals surface area contributed by atoms with Crippen molar-refractivity contribution >= 4 is 33.3 Å². The van der Waals surface area contributed by atoms with Gasteiger partial charge in [-0.05, 0) is 32.0 Å². The Morgan fingerprint density at radius 2 is 2.10 bits per heavy atom. The van der Waals surface area contributed by atoms with E-state index in [4.69, 9.17) is 4.42 Å². The highest BCUT2D eigenvalue weighted by molar-refractivity contribution is 7.18. The van der Waals surface area contributed by atoms with Gasteiger partial charge in [-0.1, -0.05) is 0 Å². The van der Waals surface area contributed by atoms with Crippen LogP contribution < -0.4 is 10.2 Å². The van der Waals surface area contributed by atoms with Crippen LogP contribution in [0, 0.1) is 13.8 Å². The summed E-state index contributed by atoms with van der Waals surface area (Å²) in [5.74, 6) is 3.41. The van der Waals surface area contributed by atoms with Gasteiger partial charge < -0.3 is 14.6 Å². The minimum Gasteiger partial charge on any atom is -0.464 e. The average Bonchev–Trinajstić information content (AvgIpc) is 3.02. The minimum atomic E-state index is 0.641. The number of rotatable bonds is 4. The molecule has 0 bridgehead atoms. The molecule has 0 aliphatic carbocycles. The number of aryl methyl sites for hydroxylation is 2. The molecule has 3 rings (SSSR count). The molecule has 0 saturated carbocycles. The van der Waals surface area contributed by atoms with Gasteiger partial charge in [0.2, 0.25) is 5.95 Å². The minimum absolute atomic E-state index is 0.641. The van der Waals surface area contributed by atoms with Gasteiger partial charge in [-0.3, -0.25) is 0 Å². The maximum absolute atomic E-state index is 5.65. The van der Waals surface area contributed by atoms with Crippen molar-refractivity contribution in [1.82, 2.24) is 9.97 Å². The molecule has 0 aliphatic rings. The summed E-state index contributed by atoms with van der Waals surface area (Å²) in [6.45, 7) is 4.72. The second kappa shape index (κ2) is 5.37. The van der Waals surface area contributed by atoms with E-state index in [9.17, 15) is 0 Å². The van der Waals surface area contributed by atoms with Crippen molar-refractivity contribution in [2.45, 2.75) is 20.4 Å². The van der Waals surface area contributed by atoms with Crippen molar-refractivity contribution < 1.29 is 4.42 Å². The predicted molar refractivity (Wildman–Crippen MR) is 87.3 cm³/mol. The average molecular weight is 302 g/mol. The van der Waals surface area contributed by atoms with E-state index in [2.05, 4.69) is 33.2 Å². The summed E-state index contributed by atoms with van der Waals surface area (Å²) in [4.78, 5) is 13.4. The van der Waals surface area contributed by atoms with Crippen LogP contribution >= 0.6 is 11.3 Å². The lowest BCUT2D eigenvalue weighted by Crippen LogP contribution is -2.18. The predicted octanol–water partition coefficient (Wildman–Crippen LogP) is 3.58. The van der Waals surface area contributed by atoms with Crippen LogP contribution in [-0.2, 0) is 6.54 Å². The fourth-order valence-corrected chi connectivity index (χ4v) is 3.18. The Labute approximate surface area is 127 Å². The highest BCUT2D eigenvalue weighted by Gasteiger charge is 2.15. The van der Waals surface area contributed by atoms with Crippen molar-refractivity contribution in [3.8, 4) is 0 Å². The largest absolute Gasteiger partial charge is 0.464 e. The molecular formula is C15H18N4OS. The summed E-state index contributed by atoms with van der Waals surface area (Å²) >= 11 is 1.68. The van der Waals surface area contributed by atoms with Crippen molar-refractivity contribution in [2.75, 3.05) is 24.3 Å². The number of furan rings is 1. The van der Waals surface area contributed by atoms with E-state index in [0.717, 1.165) is 27.6 Å². The smallest absolute Gasteiger partial charge is 0.225 e. The van der Waals surface area contributed by atoms with Crippen LogP contribution in [0.25, 0.3) is 10.2 Å². The molecule has 0 unspecified atom stereocenters. The van der Waals surface area contributed by atoms with Gasteiger partial charge in [-0.25, -0.2) is 4.98 Å². The normalized spacial score (nSPS) is 11.0. The van der Waals surface area contributed by atoms with Gasteiger partial charge in [0.25, 0.3) is 0 Å². The van der Waals surface area contributed by atoms with Gasteiger partial charge in [-0.2, -0.15) is 4.98 Å². The molecule has 3 aromatic rings. The fraction of sp³-hybridized carbons (Fsp3) is 0.333. The zero-order valence-corrected chi connectivity index (χ0v) is 13.4. The van der Waals surface area contributed by atoms with E-state index in [1.165, 1.54) is 4.88 Å². The first-order valence-corrected chi connectivity index (χ1v) is 7.61. The summed E-state index contributed by atoms with van der Waals surface area (Å²) in [6.07, 6.45) is 0. The molecular weight excluding hydrogens is 284 g/mol. The maximum atomic E-state index is 5.65. The van der Waals surface area contributed by atoms with E-state index in [1.807, 2.05) is 33.2 Å². The van der Waals surface area contributed by atoms with E-state index < -0.39 is 0 Å². The molecule has 0 amide bonds. The molecule has 0 saturated heterocycles. The summed E-state index contributed by atoms with van der Waals surface area (Å²) in [6, 6.07) is 6.12. The summed E-state index contributed by atoms with van der Waals surface area (Å²) in [7, 11) is 3.85. The van der Waals surface area contributed by atoms with Gasteiger partial charge in [0, 0.05) is 19.0 Å². The van der Waals surface area contributed by atoms with E-state index in [0.29, 0.717) is 12.5 Å². The third kappa shape index (κ3) is 2.71. The van der Waals surface area contributed by atoms with Crippen LogP contribution in [0.4, 0.5) is 11.8 Å². The van der Waals surface area contributed by atoms with Crippen LogP contribution in [0.2, 0.25) is 0 Å². The lowest BCUT2D eigenvalue weighted by Gasteiger charge is -2.18. The number of nitrogens with one attached hydrogen (secondary N) is 1. The van der Waals surface area contributed by atoms with Gasteiger partial charge in [0.05, 0.1) is 11.9 Å². The highest BCUT2D eigenvalue weighted by Crippen LogP contribution is 2.31. The van der Waals surface area contributed by atoms with Crippen LogP contribution in [0.3, 0.4) is 0 Å². The molecule has 0 aromatic carbocycles. The van der Waals surface area contributed by atoms with Crippen LogP contribution in [0.5, 0.6) is 0 Å². The SMILES string of the molecule is CNc1nc(N(C)Cc2ccc(C)o2)c2cc(C)sc2n1. The number of anilines is 2. The second-order valence-electron chi connectivity index (χ2n) is 5.07. The van der Waals surface area contributed by atoms with Crippen molar-refractivity contribution in [3.05, 3.63) is 34.6 Å². The summed E-state index contributed by atoms with van der Waals surface area (Å²) < 4.78 is 5.65. The Hall–Kier alpha value is -2.08. The maximum Gasteiger partial charge on any atom is 0.225 e. The Morgan fingerprint density at radius 1 is 1.29 bits per heavy atom. The van der Waals surface area contributed by atoms with Crippen LogP contribution in [-0.4, -0.2) is 24.1 Å². The fourth-order valence-electron chi connectivity index (χ4n) is 2.31. The topological polar surface area (TPSA) is 54.2 Å². The monoisotopic (exact) mass is 302 g/mol. The molecule has 0 aliphatic heterocycles. The van der Waals surface area contributed by atoms with Crippen molar-refractivity contribution in [2.24, 2.45) is 0 Å². The van der Waals surface area contributed by atoms with Gasteiger partial charge in [0.1, 0.15) is 22.2 Å². The van der Waals surface area contributed by atoms with E-state index in [-0.39, 0.29) is 0 Å². The highest BCUT2D eigenvalue weighted by atomic mass is 32.1. The molecule has 6 heteroatoms. The third-order valence-electron chi connectivity index (χ3n) is 3.27. The number of aromatic nitrogens is 2. The quantitative estimate of drug-likeness (QED) is 0.798. The van der Waals surface area contributed by atoms with Crippen LogP contribution in [0.15, 0.2) is 22.6 Å². The molecule has 0 atom stereocenters. The third-order valence-corrected chi connectivity index (χ3v) is 4.21. The first kappa shape index (κ1) is 13.9. The molecule has 0 radical (unpaired) electrons. The first-order valence-electron chi connectivity index (χ1n) is 6.79. The molecule has 21 heavy (non-hydrogen) atoms. The number of hydrogen-bond acceptors (Lipinski definition) is 6. The lowest BCUT2D eigenvalue weighted by molar-refractivity contribution is 0.481. The zero-order valence-electron chi connectivity index (χ0n) is 12.6. The van der Waals surface area contributed by atoms with Crippen molar-refractivity contribution in [3.63, 3.8) is 0 Å². The van der Waals surface area contributed by atoms with E-state index >= 15 is 0 Å². The number of thiophene rings is 1. The van der Waals surface area contributed by atoms with Gasteiger partial charge in [0.15, 0.2) is 0 Å². The lowest BCUT2D eigenvalue weighted by atomic mass is 10.3. The Morgan fingerprint density at radius 3 is 2.76 bits per heavy atom. The van der Waals surface area contributed by atoms with Crippen molar-refractivity contribution in [1.29, 1.82) is 0 Å². The Kier molecular flexibility index (Phi) is 3.55. The molecule has 5 nitrogen and oxygen atoms in total. The molecule has 1 N–H and O–H groups in total. The molecule has 3 aromatic heterocycles. The molecule has 0 fully saturated rings. The Balaban J connectivity index is 2.01. The first-order chi connectivity index (χ1) is 10.1. The standard InChI is InChI=1S/C15H18N4OS/c1-9-5-6-11(20-9)8-19(4)13-12-7-10(2)21-14(12)18-15(16-3)17-13/h5-7H,8H2,1-4H3,(H,16,17,18). The van der Waals surface area contributed by atoms with Crippen LogP contribution in [0.1, 0.15) is 16.4 Å². The van der Waals surface area contributed by atoms with E-state index in [1.54, 1.807) is 11.3 Å². The zero-order chi connectivity index (χ0) is 15.0. The summed E-state index contributed by atoms with van der Waals surface area (Å²) in [5, 5.41) is 4.11. The Bertz CT molecular complexity index is 777. The second-order valence-corrected chi connectivity index (χ2v) is 6.30. The van der Waals surface area contributed by atoms with Gasteiger partial charge >= 0.3 is 0 Å². The van der Waals surface area contributed by atoms with Gasteiger partial charge in [-0.15, -0.1) is 11.3 Å².